The molecule has 0 aliphatic carbocycles. The molecule has 1 unspecified atom stereocenters. The Morgan fingerprint density at radius 2 is 1.83 bits per heavy atom. The molecule has 4 heteroatoms. The van der Waals surface area contributed by atoms with Crippen LogP contribution in [0.3, 0.4) is 0 Å². The highest BCUT2D eigenvalue weighted by atomic mass is 15.2. The Bertz CT molecular complexity index is 946. The summed E-state index contributed by atoms with van der Waals surface area (Å²) in [4.78, 5) is 9.77. The zero-order chi connectivity index (χ0) is 21.5. The van der Waals surface area contributed by atoms with Crippen LogP contribution in [0.1, 0.15) is 68.3 Å². The summed E-state index contributed by atoms with van der Waals surface area (Å²) in [6.45, 7) is 14.3. The van der Waals surface area contributed by atoms with Gasteiger partial charge in [0.25, 0.3) is 0 Å². The summed E-state index contributed by atoms with van der Waals surface area (Å²) < 4.78 is 0. The molecule has 4 nitrogen and oxygen atoms in total. The van der Waals surface area contributed by atoms with E-state index in [1.165, 1.54) is 41.9 Å². The van der Waals surface area contributed by atoms with Crippen molar-refractivity contribution in [3.05, 3.63) is 52.8 Å². The van der Waals surface area contributed by atoms with E-state index in [2.05, 4.69) is 79.9 Å². The van der Waals surface area contributed by atoms with Crippen molar-refractivity contribution in [3.8, 4) is 6.07 Å². The van der Waals surface area contributed by atoms with Gasteiger partial charge >= 0.3 is 0 Å². The molecule has 0 bridgehead atoms. The lowest BCUT2D eigenvalue weighted by atomic mass is 9.76. The minimum Gasteiger partial charge on any atom is -0.370 e. The Balaban J connectivity index is 1.47. The van der Waals surface area contributed by atoms with Crippen LogP contribution in [0.25, 0.3) is 0 Å². The molecule has 2 aliphatic heterocycles. The summed E-state index contributed by atoms with van der Waals surface area (Å²) in [5, 5.41) is 9.34. The van der Waals surface area contributed by atoms with Crippen LogP contribution in [0, 0.1) is 30.6 Å². The van der Waals surface area contributed by atoms with E-state index in [4.69, 9.17) is 0 Å². The smallest absolute Gasteiger partial charge is 0.0994 e. The molecule has 1 aromatic heterocycles. The molecule has 1 aromatic carbocycles. The third-order valence-electron chi connectivity index (χ3n) is 7.51. The van der Waals surface area contributed by atoms with E-state index in [1.54, 1.807) is 0 Å². The first-order chi connectivity index (χ1) is 14.3. The number of nitriles is 1. The number of rotatable bonds is 3. The third kappa shape index (κ3) is 3.67. The first kappa shape index (κ1) is 20.7. The first-order valence-electron chi connectivity index (χ1n) is 11.3. The number of anilines is 2. The Morgan fingerprint density at radius 3 is 2.43 bits per heavy atom. The molecular weight excluding hydrogens is 368 g/mol. The number of nitrogens with zero attached hydrogens (tertiary/aromatic N) is 4. The summed E-state index contributed by atoms with van der Waals surface area (Å²) in [5.74, 6) is 0.476. The van der Waals surface area contributed by atoms with Crippen LogP contribution in [0.5, 0.6) is 0 Å². The summed E-state index contributed by atoms with van der Waals surface area (Å²) >= 11 is 0. The molecule has 2 aliphatic rings. The van der Waals surface area contributed by atoms with Crippen molar-refractivity contribution in [2.75, 3.05) is 29.4 Å². The average Bonchev–Trinajstić information content (AvgIpc) is 3.06. The Morgan fingerprint density at radius 1 is 1.10 bits per heavy atom. The van der Waals surface area contributed by atoms with Crippen LogP contribution in [-0.4, -0.2) is 30.7 Å². The van der Waals surface area contributed by atoms with E-state index in [0.29, 0.717) is 17.4 Å². The summed E-state index contributed by atoms with van der Waals surface area (Å²) in [5.41, 5.74) is 7.31. The van der Waals surface area contributed by atoms with Crippen LogP contribution in [0.4, 0.5) is 11.4 Å². The number of benzene rings is 1. The van der Waals surface area contributed by atoms with Crippen molar-refractivity contribution in [1.29, 1.82) is 5.26 Å². The maximum atomic E-state index is 9.34. The van der Waals surface area contributed by atoms with Crippen LogP contribution in [0.15, 0.2) is 30.5 Å². The Labute approximate surface area is 181 Å². The molecule has 3 heterocycles. The Hall–Kier alpha value is -2.54. The second-order valence-corrected chi connectivity index (χ2v) is 9.76. The predicted octanol–water partition coefficient (Wildman–Crippen LogP) is 5.58. The van der Waals surface area contributed by atoms with E-state index in [-0.39, 0.29) is 0 Å². The van der Waals surface area contributed by atoms with Crippen LogP contribution >= 0.6 is 0 Å². The normalized spacial score (nSPS) is 20.8. The molecule has 30 heavy (non-hydrogen) atoms. The lowest BCUT2D eigenvalue weighted by molar-refractivity contribution is 0.245. The molecule has 4 rings (SSSR count). The molecular formula is C26H34N4. The van der Waals surface area contributed by atoms with Crippen molar-refractivity contribution in [1.82, 2.24) is 4.98 Å². The lowest BCUT2D eigenvalue weighted by Crippen LogP contribution is -2.41. The van der Waals surface area contributed by atoms with Gasteiger partial charge in [-0.1, -0.05) is 13.8 Å². The van der Waals surface area contributed by atoms with Gasteiger partial charge in [0.2, 0.25) is 0 Å². The Kier molecular flexibility index (Phi) is 5.49. The number of aromatic nitrogens is 1. The molecule has 2 fully saturated rings. The van der Waals surface area contributed by atoms with Crippen molar-refractivity contribution in [2.45, 2.75) is 65.8 Å². The molecule has 0 N–H and O–H groups in total. The highest BCUT2D eigenvalue weighted by Gasteiger charge is 2.44. The van der Waals surface area contributed by atoms with E-state index < -0.39 is 0 Å². The van der Waals surface area contributed by atoms with Gasteiger partial charge in [0, 0.05) is 37.1 Å². The highest BCUT2D eigenvalue weighted by Crippen LogP contribution is 2.46. The number of pyridine rings is 1. The minimum atomic E-state index is 0.398. The zero-order valence-electron chi connectivity index (χ0n) is 19.1. The maximum Gasteiger partial charge on any atom is 0.0994 e. The van der Waals surface area contributed by atoms with Gasteiger partial charge in [-0.15, -0.1) is 0 Å². The molecule has 0 amide bonds. The monoisotopic (exact) mass is 402 g/mol. The molecule has 1 spiro atoms. The van der Waals surface area contributed by atoms with E-state index in [0.717, 1.165) is 30.8 Å². The fourth-order valence-electron chi connectivity index (χ4n) is 5.41. The van der Waals surface area contributed by atoms with Gasteiger partial charge in [0.05, 0.1) is 23.5 Å². The van der Waals surface area contributed by atoms with Gasteiger partial charge in [0.1, 0.15) is 0 Å². The SMILES string of the molecule is Cc1c(C#N)ccc(N2CC3(CCN(c4ccc(C(C)C)nc4)CC3)CC2C)c1C. The molecule has 158 valence electrons. The number of hydrogen-bond acceptors (Lipinski definition) is 4. The van der Waals surface area contributed by atoms with Gasteiger partial charge in [-0.05, 0) is 86.8 Å². The quantitative estimate of drug-likeness (QED) is 0.672. The number of piperidine rings is 1. The van der Waals surface area contributed by atoms with Crippen LogP contribution in [0.2, 0.25) is 0 Å². The predicted molar refractivity (Wildman–Crippen MR) is 124 cm³/mol. The van der Waals surface area contributed by atoms with Gasteiger partial charge in [-0.2, -0.15) is 5.26 Å². The highest BCUT2D eigenvalue weighted by molar-refractivity contribution is 5.61. The molecule has 1 atom stereocenters. The fraction of sp³-hybridized carbons (Fsp3) is 0.538. The molecule has 2 saturated heterocycles. The van der Waals surface area contributed by atoms with E-state index >= 15 is 0 Å². The molecule has 0 saturated carbocycles. The van der Waals surface area contributed by atoms with E-state index in [9.17, 15) is 5.26 Å². The van der Waals surface area contributed by atoms with E-state index in [1.807, 2.05) is 6.07 Å². The summed E-state index contributed by atoms with van der Waals surface area (Å²) in [7, 11) is 0. The van der Waals surface area contributed by atoms with Crippen molar-refractivity contribution >= 4 is 11.4 Å². The average molecular weight is 403 g/mol. The minimum absolute atomic E-state index is 0.398. The van der Waals surface area contributed by atoms with Crippen LogP contribution in [-0.2, 0) is 0 Å². The summed E-state index contributed by atoms with van der Waals surface area (Å²) in [6, 6.07) is 11.4. The topological polar surface area (TPSA) is 43.2 Å². The van der Waals surface area contributed by atoms with Gasteiger partial charge in [0.15, 0.2) is 0 Å². The largest absolute Gasteiger partial charge is 0.370 e. The molecule has 2 aromatic rings. The standard InChI is InChI=1S/C26H34N4/c1-18(2)24-8-7-23(16-28-24)29-12-10-26(11-13-29)14-19(3)30(17-26)25-9-6-22(15-27)20(4)21(25)5/h6-9,16,18-19H,10-14,17H2,1-5H3. The maximum absolute atomic E-state index is 9.34. The fourth-order valence-corrected chi connectivity index (χ4v) is 5.41. The van der Waals surface area contributed by atoms with Gasteiger partial charge in [-0.25, -0.2) is 0 Å². The second kappa shape index (κ2) is 7.95. The zero-order valence-corrected chi connectivity index (χ0v) is 19.1. The van der Waals surface area contributed by atoms with Gasteiger partial charge < -0.3 is 9.80 Å². The third-order valence-corrected chi connectivity index (χ3v) is 7.51. The summed E-state index contributed by atoms with van der Waals surface area (Å²) in [6.07, 6.45) is 5.77. The van der Waals surface area contributed by atoms with Crippen molar-refractivity contribution in [3.63, 3.8) is 0 Å². The number of hydrogen-bond donors (Lipinski definition) is 0. The second-order valence-electron chi connectivity index (χ2n) is 9.76. The van der Waals surface area contributed by atoms with Gasteiger partial charge in [-0.3, -0.25) is 4.98 Å². The van der Waals surface area contributed by atoms with Crippen molar-refractivity contribution < 1.29 is 0 Å². The lowest BCUT2D eigenvalue weighted by Gasteiger charge is -2.40. The molecule has 0 radical (unpaired) electrons. The van der Waals surface area contributed by atoms with Crippen LogP contribution < -0.4 is 9.80 Å². The van der Waals surface area contributed by atoms with Crippen molar-refractivity contribution in [2.24, 2.45) is 5.41 Å². The first-order valence-corrected chi connectivity index (χ1v) is 11.3.